The Morgan fingerprint density at radius 1 is 1.09 bits per heavy atom. The van der Waals surface area contributed by atoms with E-state index in [4.69, 9.17) is 14.0 Å². The van der Waals surface area contributed by atoms with Gasteiger partial charge in [0.15, 0.2) is 0 Å². The minimum atomic E-state index is -4.23. The predicted octanol–water partition coefficient (Wildman–Crippen LogP) is 1.19. The van der Waals surface area contributed by atoms with Crippen LogP contribution in [0.2, 0.25) is 0 Å². The molecule has 2 aliphatic heterocycles. The molecule has 5 N–H and O–H groups in total. The zero-order chi connectivity index (χ0) is 39.3. The highest BCUT2D eigenvalue weighted by Gasteiger charge is 2.48. The van der Waals surface area contributed by atoms with Crippen LogP contribution in [0.3, 0.4) is 0 Å². The molecule has 3 aliphatic rings. The summed E-state index contributed by atoms with van der Waals surface area (Å²) < 4.78 is 64.9. The van der Waals surface area contributed by atoms with Gasteiger partial charge in [0.25, 0.3) is 16.0 Å². The number of hydrogen-bond donors (Lipinski definition) is 5. The van der Waals surface area contributed by atoms with Crippen LogP contribution in [0.4, 0.5) is 0 Å². The second-order valence-corrected chi connectivity index (χ2v) is 16.0. The van der Waals surface area contributed by atoms with E-state index < -0.39 is 66.6 Å². The maximum Gasteiger partial charge on any atom is 0.326 e. The summed E-state index contributed by atoms with van der Waals surface area (Å²) in [5.74, 6) is -2.99. The molecule has 21 heteroatoms. The summed E-state index contributed by atoms with van der Waals surface area (Å²) >= 11 is 0. The van der Waals surface area contributed by atoms with Crippen molar-refractivity contribution in [3.63, 3.8) is 0 Å². The molecule has 19 nitrogen and oxygen atoms in total. The highest BCUT2D eigenvalue weighted by molar-refractivity contribution is 7.95. The molecule has 4 rings (SSSR count). The predicted molar refractivity (Wildman–Crippen MR) is 187 cm³/mol. The molecule has 0 unspecified atom stereocenters. The lowest BCUT2D eigenvalue weighted by Crippen LogP contribution is -2.55. The number of carbonyl (C=O) groups excluding carboxylic acids is 3. The van der Waals surface area contributed by atoms with Crippen molar-refractivity contribution in [1.29, 1.82) is 0 Å². The highest BCUT2D eigenvalue weighted by atomic mass is 32.2. The lowest BCUT2D eigenvalue weighted by Gasteiger charge is -2.35. The van der Waals surface area contributed by atoms with Gasteiger partial charge in [-0.25, -0.2) is 18.7 Å². The summed E-state index contributed by atoms with van der Waals surface area (Å²) in [6.45, 7) is 5.09. The quantitative estimate of drug-likeness (QED) is 0.110. The molecule has 1 aromatic carbocycles. The molecule has 2 heterocycles. The number of carbonyl (C=O) groups is 4. The Morgan fingerprint density at radius 2 is 1.77 bits per heavy atom. The summed E-state index contributed by atoms with van der Waals surface area (Å²) in [6.07, 6.45) is 5.60. The Labute approximate surface area is 308 Å². The van der Waals surface area contributed by atoms with Crippen LogP contribution >= 0.6 is 0 Å². The van der Waals surface area contributed by atoms with Gasteiger partial charge in [-0.05, 0) is 57.6 Å². The van der Waals surface area contributed by atoms with Crippen molar-refractivity contribution >= 4 is 43.7 Å². The van der Waals surface area contributed by atoms with Gasteiger partial charge in [-0.3, -0.25) is 29.5 Å². The lowest BCUT2D eigenvalue weighted by atomic mass is 9.84. The van der Waals surface area contributed by atoms with Gasteiger partial charge in [0.2, 0.25) is 26.7 Å². The number of carboxylic acids is 1. The van der Waals surface area contributed by atoms with Crippen LogP contribution in [0.5, 0.6) is 0 Å². The topological polar surface area (TPSA) is 270 Å². The molecule has 298 valence electrons. The lowest BCUT2D eigenvalue weighted by molar-refractivity contribution is -0.152. The maximum atomic E-state index is 13.1. The van der Waals surface area contributed by atoms with Gasteiger partial charge in [0.1, 0.15) is 12.1 Å². The van der Waals surface area contributed by atoms with Crippen molar-refractivity contribution in [2.24, 2.45) is 5.92 Å². The number of esters is 1. The second-order valence-electron chi connectivity index (χ2n) is 12.6. The Morgan fingerprint density at radius 3 is 2.40 bits per heavy atom. The number of nitrogens with zero attached hydrogens (tertiary/aromatic N) is 2. The number of aliphatic carboxylic acids is 1. The fraction of sp³-hybridized carbons (Fsp3) is 0.625. The number of hydroxylamine groups is 3. The first kappa shape index (κ1) is 43.4. The normalized spacial score (nSPS) is 21.0. The van der Waals surface area contributed by atoms with Crippen LogP contribution in [0.15, 0.2) is 46.1 Å². The number of fused-ring (bicyclic) bond motifs is 1. The molecule has 0 spiro atoms. The largest absolute Gasteiger partial charge is 0.731 e. The molecule has 0 radical (unpaired) electrons. The molecule has 1 aliphatic carbocycles. The average Bonchev–Trinajstić information content (AvgIpc) is 3.69. The molecular weight excluding hydrogens is 743 g/mol. The standard InChI is InChI=1S/C19H32N2O5.C13H16N3O9S2/c1-4-8-14(19(25)26-5-2)20-12(3)17(22)21-15-10-7-6-9-13(15)11-16(21)18(23)24;17-11(14-7-9-26(19,20)21)6-8-24-12-13(16(18)25-15-12)27(22,23)10-4-2-1-3-5-10/h12-16,20H,4-11H2,1-3H3,(H,23,24);1-5,15H,6-9H2,(H,14,17)(H,19,20,21)/q;-1/t12-,13-,14-,15-,16-;/m0./s1. The minimum absolute atomic E-state index is 0.00817. The molecule has 1 aromatic rings. The van der Waals surface area contributed by atoms with E-state index in [0.29, 0.717) is 19.4 Å². The van der Waals surface area contributed by atoms with E-state index in [-0.39, 0.29) is 53.5 Å². The van der Waals surface area contributed by atoms with Gasteiger partial charge in [-0.1, -0.05) is 44.4 Å². The number of carboxylic acid groups (broad SMARTS) is 1. The summed E-state index contributed by atoms with van der Waals surface area (Å²) in [4.78, 5) is 54.3. The smallest absolute Gasteiger partial charge is 0.326 e. The van der Waals surface area contributed by atoms with E-state index in [1.165, 1.54) is 24.3 Å². The Balaban J connectivity index is 0.000000286. The van der Waals surface area contributed by atoms with E-state index in [1.54, 1.807) is 24.8 Å². The fourth-order valence-corrected chi connectivity index (χ4v) is 8.00. The molecule has 5 atom stereocenters. The van der Waals surface area contributed by atoms with Crippen molar-refractivity contribution in [2.45, 2.75) is 101 Å². The number of nitrogens with one attached hydrogen (secondary N) is 3. The number of sulfone groups is 1. The third-order valence-corrected chi connectivity index (χ3v) is 11.2. The van der Waals surface area contributed by atoms with Crippen LogP contribution in [-0.4, -0.2) is 110 Å². The van der Waals surface area contributed by atoms with Crippen molar-refractivity contribution in [3.05, 3.63) is 46.5 Å². The molecule has 2 amide bonds. The minimum Gasteiger partial charge on any atom is -0.731 e. The summed E-state index contributed by atoms with van der Waals surface area (Å²) in [6, 6.07) is 5.20. The van der Waals surface area contributed by atoms with E-state index in [9.17, 15) is 46.3 Å². The second kappa shape index (κ2) is 19.9. The molecule has 1 saturated heterocycles. The van der Waals surface area contributed by atoms with E-state index in [1.807, 2.05) is 12.4 Å². The number of hydrogen-bond acceptors (Lipinski definition) is 15. The molecule has 53 heavy (non-hydrogen) atoms. The van der Waals surface area contributed by atoms with Gasteiger partial charge in [0, 0.05) is 12.6 Å². The van der Waals surface area contributed by atoms with Crippen molar-refractivity contribution < 1.29 is 60.1 Å². The zero-order valence-electron chi connectivity index (χ0n) is 29.8. The van der Waals surface area contributed by atoms with E-state index in [2.05, 4.69) is 15.6 Å². The summed E-state index contributed by atoms with van der Waals surface area (Å²) in [7, 11) is -8.43. The van der Waals surface area contributed by atoms with Crippen LogP contribution in [0.1, 0.15) is 72.1 Å². The van der Waals surface area contributed by atoms with Crippen LogP contribution in [0.25, 0.3) is 0 Å². The third kappa shape index (κ3) is 12.3. The van der Waals surface area contributed by atoms with E-state index in [0.717, 1.165) is 32.1 Å². The third-order valence-electron chi connectivity index (χ3n) is 8.74. The first-order chi connectivity index (χ1) is 25.0. The molecular formula is C32H48N5O14S2-. The van der Waals surface area contributed by atoms with E-state index >= 15 is 0 Å². The number of benzene rings is 1. The van der Waals surface area contributed by atoms with Gasteiger partial charge in [-0.2, -0.15) is 13.4 Å². The van der Waals surface area contributed by atoms with Crippen molar-refractivity contribution in [2.75, 3.05) is 25.5 Å². The molecule has 1 saturated carbocycles. The SMILES string of the molecule is CCC[C@H](N[C@@H](C)C(=O)N1[C@H](C(=O)O)C[C@@H]2CCCC[C@@H]21)C(=O)OCC.O=C(CCOC1=C(S(=O)(=O)c2ccccc2)N([O-])ON1)NCCS(=O)(=O)O. The van der Waals surface area contributed by atoms with Crippen molar-refractivity contribution in [3.8, 4) is 0 Å². The van der Waals surface area contributed by atoms with Gasteiger partial charge in [-0.15, -0.1) is 0 Å². The Bertz CT molecular complexity index is 1680. The monoisotopic (exact) mass is 790 g/mol. The van der Waals surface area contributed by atoms with Crippen LogP contribution in [0, 0.1) is 11.1 Å². The number of rotatable bonds is 17. The van der Waals surface area contributed by atoms with Gasteiger partial charge >= 0.3 is 11.9 Å². The van der Waals surface area contributed by atoms with Crippen LogP contribution in [-0.2, 0) is 53.5 Å². The molecule has 0 bridgehead atoms. The first-order valence-electron chi connectivity index (χ1n) is 17.3. The molecule has 2 fully saturated rings. The number of ether oxygens (including phenoxy) is 2. The van der Waals surface area contributed by atoms with Crippen LogP contribution < -0.4 is 16.1 Å². The maximum absolute atomic E-state index is 13.1. The summed E-state index contributed by atoms with van der Waals surface area (Å²) in [5.41, 5.74) is 2.02. The zero-order valence-corrected chi connectivity index (χ0v) is 31.4. The first-order valence-corrected chi connectivity index (χ1v) is 20.4. The fourth-order valence-electron chi connectivity index (χ4n) is 6.32. The number of amides is 2. The Kier molecular flexibility index (Phi) is 16.3. The van der Waals surface area contributed by atoms with Gasteiger partial charge in [0.05, 0.1) is 36.3 Å². The average molecular weight is 791 g/mol. The number of likely N-dealkylation sites (tertiary alicyclic amines) is 1. The van der Waals surface area contributed by atoms with Crippen molar-refractivity contribution in [1.82, 2.24) is 26.2 Å². The Hall–Kier alpha value is -4.02. The molecule has 0 aromatic heterocycles. The summed E-state index contributed by atoms with van der Waals surface area (Å²) in [5, 5.41) is 25.5. The highest BCUT2D eigenvalue weighted by Crippen LogP contribution is 2.40. The van der Waals surface area contributed by atoms with Gasteiger partial charge < -0.3 is 30.0 Å².